The summed E-state index contributed by atoms with van der Waals surface area (Å²) in [5, 5.41) is 15.5. The van der Waals surface area contributed by atoms with E-state index in [1.54, 1.807) is 6.21 Å². The van der Waals surface area contributed by atoms with Crippen molar-refractivity contribution in [2.24, 2.45) is 11.1 Å². The van der Waals surface area contributed by atoms with Gasteiger partial charge in [-0.05, 0) is 38.1 Å². The van der Waals surface area contributed by atoms with Crippen LogP contribution in [-0.4, -0.2) is 37.0 Å². The fourth-order valence-corrected chi connectivity index (χ4v) is 1.88. The van der Waals surface area contributed by atoms with Crippen LogP contribution in [0.3, 0.4) is 0 Å². The van der Waals surface area contributed by atoms with Gasteiger partial charge >= 0.3 is 5.97 Å². The third-order valence-corrected chi connectivity index (χ3v) is 2.69. The molecular formula is C10H18N2O3. The molecule has 0 radical (unpaired) electrons. The van der Waals surface area contributed by atoms with E-state index in [1.165, 1.54) is 7.11 Å². The van der Waals surface area contributed by atoms with Crippen molar-refractivity contribution in [3.8, 4) is 0 Å². The van der Waals surface area contributed by atoms with Crippen molar-refractivity contribution in [3.63, 3.8) is 0 Å². The van der Waals surface area contributed by atoms with Crippen LogP contribution in [0.4, 0.5) is 0 Å². The van der Waals surface area contributed by atoms with Crippen LogP contribution in [0.1, 0.15) is 25.7 Å². The summed E-state index contributed by atoms with van der Waals surface area (Å²) in [5.74, 6) is -0.263. The molecule has 0 aromatic rings. The largest absolute Gasteiger partial charge is 0.480 e. The quantitative estimate of drug-likeness (QED) is 0.526. The van der Waals surface area contributed by atoms with Crippen LogP contribution in [0.5, 0.6) is 0 Å². The molecule has 15 heavy (non-hydrogen) atoms. The van der Waals surface area contributed by atoms with Crippen LogP contribution in [0.25, 0.3) is 0 Å². The minimum absolute atomic E-state index is 0.372. The first kappa shape index (κ1) is 12.0. The zero-order valence-corrected chi connectivity index (χ0v) is 8.98. The molecule has 5 heteroatoms. The van der Waals surface area contributed by atoms with Crippen LogP contribution in [0.15, 0.2) is 5.16 Å². The van der Waals surface area contributed by atoms with E-state index in [2.05, 4.69) is 15.3 Å². The minimum Gasteiger partial charge on any atom is -0.480 e. The average molecular weight is 214 g/mol. The molecule has 2 atom stereocenters. The lowest BCUT2D eigenvalue weighted by molar-refractivity contribution is -0.140. The maximum atomic E-state index is 10.8. The molecule has 1 rings (SSSR count). The summed E-state index contributed by atoms with van der Waals surface area (Å²) in [5.41, 5.74) is 0. The van der Waals surface area contributed by atoms with Crippen molar-refractivity contribution < 1.29 is 14.7 Å². The molecule has 0 aromatic heterocycles. The topological polar surface area (TPSA) is 70.9 Å². The minimum atomic E-state index is -0.745. The second-order valence-electron chi connectivity index (χ2n) is 3.78. The number of nitrogens with zero attached hydrogens (tertiary/aromatic N) is 1. The summed E-state index contributed by atoms with van der Waals surface area (Å²) in [4.78, 5) is 15.3. The van der Waals surface area contributed by atoms with Crippen LogP contribution in [-0.2, 0) is 9.63 Å². The Morgan fingerprint density at radius 1 is 1.73 bits per heavy atom. The number of carbonyl (C=O) groups is 1. The maximum absolute atomic E-state index is 10.8. The number of carboxylic acid groups (broad SMARTS) is 1. The predicted molar refractivity (Wildman–Crippen MR) is 56.9 cm³/mol. The van der Waals surface area contributed by atoms with Gasteiger partial charge in [0.2, 0.25) is 0 Å². The zero-order valence-electron chi connectivity index (χ0n) is 8.98. The van der Waals surface area contributed by atoms with Crippen molar-refractivity contribution in [1.82, 2.24) is 5.32 Å². The molecular weight excluding hydrogens is 196 g/mol. The van der Waals surface area contributed by atoms with Gasteiger partial charge in [0, 0.05) is 6.21 Å². The van der Waals surface area contributed by atoms with Gasteiger partial charge in [-0.2, -0.15) is 0 Å². The fraction of sp³-hybridized carbons (Fsp3) is 0.800. The van der Waals surface area contributed by atoms with Gasteiger partial charge in [-0.25, -0.2) is 0 Å². The lowest BCUT2D eigenvalue weighted by Gasteiger charge is -2.27. The summed E-state index contributed by atoms with van der Waals surface area (Å²) in [6.45, 7) is 0.795. The lowest BCUT2D eigenvalue weighted by Crippen LogP contribution is -2.43. The summed E-state index contributed by atoms with van der Waals surface area (Å²) < 4.78 is 0. The van der Waals surface area contributed by atoms with Gasteiger partial charge in [0.1, 0.15) is 13.2 Å². The van der Waals surface area contributed by atoms with E-state index < -0.39 is 5.97 Å². The van der Waals surface area contributed by atoms with Gasteiger partial charge in [0.25, 0.3) is 0 Å². The lowest BCUT2D eigenvalue weighted by atomic mass is 9.89. The fourth-order valence-electron chi connectivity index (χ4n) is 1.88. The normalized spacial score (nSPS) is 26.7. The van der Waals surface area contributed by atoms with E-state index in [1.807, 2.05) is 0 Å². The van der Waals surface area contributed by atoms with Gasteiger partial charge < -0.3 is 15.3 Å². The van der Waals surface area contributed by atoms with Crippen LogP contribution in [0, 0.1) is 5.92 Å². The van der Waals surface area contributed by atoms with Gasteiger partial charge in [0.15, 0.2) is 0 Å². The highest BCUT2D eigenvalue weighted by molar-refractivity contribution is 5.73. The number of carboxylic acids is 1. The van der Waals surface area contributed by atoms with Gasteiger partial charge in [-0.15, -0.1) is 0 Å². The van der Waals surface area contributed by atoms with Crippen LogP contribution >= 0.6 is 0 Å². The molecule has 0 spiro atoms. The molecule has 0 amide bonds. The van der Waals surface area contributed by atoms with E-state index in [9.17, 15) is 4.79 Å². The number of hydrogen-bond donors (Lipinski definition) is 2. The van der Waals surface area contributed by atoms with E-state index >= 15 is 0 Å². The molecule has 1 heterocycles. The smallest absolute Gasteiger partial charge is 0.320 e. The second kappa shape index (κ2) is 6.40. The molecule has 2 unspecified atom stereocenters. The number of hydrogen-bond acceptors (Lipinski definition) is 4. The zero-order chi connectivity index (χ0) is 11.1. The first-order chi connectivity index (χ1) is 7.24. The number of nitrogens with one attached hydrogen (secondary N) is 1. The Morgan fingerprint density at radius 3 is 3.20 bits per heavy atom. The van der Waals surface area contributed by atoms with Crippen molar-refractivity contribution in [2.45, 2.75) is 31.7 Å². The summed E-state index contributed by atoms with van der Waals surface area (Å²) in [6, 6.07) is -0.372. The van der Waals surface area contributed by atoms with Gasteiger partial charge in [-0.3, -0.25) is 4.79 Å². The Morgan fingerprint density at radius 2 is 2.53 bits per heavy atom. The van der Waals surface area contributed by atoms with Crippen molar-refractivity contribution in [2.75, 3.05) is 13.7 Å². The maximum Gasteiger partial charge on any atom is 0.320 e. The number of piperidine rings is 1. The number of rotatable bonds is 5. The molecule has 2 N–H and O–H groups in total. The Hall–Kier alpha value is -1.10. The molecule has 1 aliphatic heterocycles. The molecule has 5 nitrogen and oxygen atoms in total. The molecule has 1 fully saturated rings. The molecule has 1 saturated heterocycles. The highest BCUT2D eigenvalue weighted by Gasteiger charge is 2.25. The van der Waals surface area contributed by atoms with Crippen LogP contribution < -0.4 is 5.32 Å². The standard InChI is InChI=1S/C10H18N2O3/c1-15-12-5-2-3-8-4-6-11-9(7-8)10(13)14/h5,8-9,11H,2-4,6-7H2,1H3,(H,13,14)/b12-5+. The highest BCUT2D eigenvalue weighted by atomic mass is 16.6. The van der Waals surface area contributed by atoms with Gasteiger partial charge in [-0.1, -0.05) is 5.16 Å². The summed E-state index contributed by atoms with van der Waals surface area (Å²) in [6.07, 6.45) is 5.34. The third-order valence-electron chi connectivity index (χ3n) is 2.69. The Labute approximate surface area is 89.5 Å². The Bertz CT molecular complexity index is 231. The number of oxime groups is 1. The Kier molecular flexibility index (Phi) is 5.10. The van der Waals surface area contributed by atoms with Crippen molar-refractivity contribution in [1.29, 1.82) is 0 Å². The highest BCUT2D eigenvalue weighted by Crippen LogP contribution is 2.20. The molecule has 0 aliphatic carbocycles. The summed E-state index contributed by atoms with van der Waals surface area (Å²) >= 11 is 0. The van der Waals surface area contributed by atoms with Gasteiger partial charge in [0.05, 0.1) is 0 Å². The third kappa shape index (κ3) is 4.29. The predicted octanol–water partition coefficient (Wildman–Crippen LogP) is 0.852. The Balaban J connectivity index is 2.24. The monoisotopic (exact) mass is 214 g/mol. The first-order valence-corrected chi connectivity index (χ1v) is 5.25. The second-order valence-corrected chi connectivity index (χ2v) is 3.78. The summed E-state index contributed by atoms with van der Waals surface area (Å²) in [7, 11) is 1.52. The van der Waals surface area contributed by atoms with E-state index in [4.69, 9.17) is 5.11 Å². The van der Waals surface area contributed by atoms with E-state index in [0.29, 0.717) is 5.92 Å². The average Bonchev–Trinajstić information content (AvgIpc) is 2.25. The molecule has 0 bridgehead atoms. The van der Waals surface area contributed by atoms with Crippen molar-refractivity contribution >= 4 is 12.2 Å². The molecule has 86 valence electrons. The van der Waals surface area contributed by atoms with E-state index in [0.717, 1.165) is 32.2 Å². The van der Waals surface area contributed by atoms with Crippen molar-refractivity contribution in [3.05, 3.63) is 0 Å². The molecule has 0 aromatic carbocycles. The van der Waals surface area contributed by atoms with E-state index in [-0.39, 0.29) is 6.04 Å². The van der Waals surface area contributed by atoms with Crippen LogP contribution in [0.2, 0.25) is 0 Å². The molecule has 1 aliphatic rings. The number of aliphatic carboxylic acids is 1. The SMILES string of the molecule is CO/N=C/CCC1CCNC(C(=O)O)C1. The first-order valence-electron chi connectivity index (χ1n) is 5.25. The molecule has 0 saturated carbocycles.